The molecule has 0 aliphatic rings. The van der Waals surface area contributed by atoms with Crippen molar-refractivity contribution in [3.8, 4) is 11.5 Å². The van der Waals surface area contributed by atoms with Crippen LogP contribution in [0.1, 0.15) is 29.9 Å². The van der Waals surface area contributed by atoms with Crippen LogP contribution in [-0.4, -0.2) is 20.3 Å². The topological polar surface area (TPSA) is 44.5 Å². The Hall–Kier alpha value is -2.00. The molecule has 0 aliphatic carbocycles. The lowest BCUT2D eigenvalue weighted by molar-refractivity contribution is 0.301. The van der Waals surface area contributed by atoms with Gasteiger partial charge in [-0.3, -0.25) is 0 Å². The van der Waals surface area contributed by atoms with Crippen molar-refractivity contribution >= 4 is 0 Å². The van der Waals surface area contributed by atoms with Gasteiger partial charge in [-0.05, 0) is 62.1 Å². The number of aryl methyl sites for hydroxylation is 1. The van der Waals surface area contributed by atoms with E-state index in [4.69, 9.17) is 15.2 Å². The Morgan fingerprint density at radius 1 is 0.955 bits per heavy atom. The predicted octanol–water partition coefficient (Wildman–Crippen LogP) is 3.91. The van der Waals surface area contributed by atoms with Crippen molar-refractivity contribution in [1.29, 1.82) is 0 Å². The minimum atomic E-state index is 0.403. The fourth-order valence-electron chi connectivity index (χ4n) is 2.45. The molecule has 0 heterocycles. The molecule has 3 heteroatoms. The molecule has 0 saturated heterocycles. The zero-order valence-electron chi connectivity index (χ0n) is 13.4. The third kappa shape index (κ3) is 4.78. The second-order valence-electron chi connectivity index (χ2n) is 5.51. The summed E-state index contributed by atoms with van der Waals surface area (Å²) >= 11 is 0. The number of rotatable bonds is 8. The fourth-order valence-corrected chi connectivity index (χ4v) is 2.45. The van der Waals surface area contributed by atoms with Gasteiger partial charge in [0.25, 0.3) is 0 Å². The first-order chi connectivity index (χ1) is 10.7. The number of methoxy groups -OCH3 is 1. The van der Waals surface area contributed by atoms with Crippen molar-refractivity contribution < 1.29 is 9.47 Å². The Labute approximate surface area is 133 Å². The van der Waals surface area contributed by atoms with Crippen molar-refractivity contribution in [3.63, 3.8) is 0 Å². The van der Waals surface area contributed by atoms with Crippen molar-refractivity contribution in [2.45, 2.75) is 25.7 Å². The van der Waals surface area contributed by atoms with E-state index in [1.807, 2.05) is 24.3 Å². The molecule has 1 unspecified atom stereocenters. The summed E-state index contributed by atoms with van der Waals surface area (Å²) < 4.78 is 10.9. The summed E-state index contributed by atoms with van der Waals surface area (Å²) in [6.07, 6.45) is 2.03. The van der Waals surface area contributed by atoms with E-state index in [9.17, 15) is 0 Å². The van der Waals surface area contributed by atoms with Gasteiger partial charge in [-0.15, -0.1) is 0 Å². The molecular formula is C19H25NO2. The summed E-state index contributed by atoms with van der Waals surface area (Å²) in [5.74, 6) is 2.12. The molecule has 0 aliphatic heterocycles. The van der Waals surface area contributed by atoms with Crippen molar-refractivity contribution in [1.82, 2.24) is 0 Å². The number of ether oxygens (including phenoxy) is 2. The average Bonchev–Trinajstić information content (AvgIpc) is 2.56. The Balaban J connectivity index is 1.77. The summed E-state index contributed by atoms with van der Waals surface area (Å²) in [7, 11) is 1.66. The van der Waals surface area contributed by atoms with Crippen LogP contribution in [0.2, 0.25) is 0 Å². The van der Waals surface area contributed by atoms with Crippen LogP contribution in [0.5, 0.6) is 11.5 Å². The monoisotopic (exact) mass is 299 g/mol. The van der Waals surface area contributed by atoms with Crippen LogP contribution in [0.15, 0.2) is 48.5 Å². The summed E-state index contributed by atoms with van der Waals surface area (Å²) in [6.45, 7) is 3.48. The number of hydrogen-bond donors (Lipinski definition) is 1. The first-order valence-electron chi connectivity index (χ1n) is 7.76. The van der Waals surface area contributed by atoms with Gasteiger partial charge in [-0.1, -0.05) is 29.8 Å². The minimum absolute atomic E-state index is 0.403. The largest absolute Gasteiger partial charge is 0.497 e. The van der Waals surface area contributed by atoms with E-state index in [1.165, 1.54) is 11.1 Å². The average molecular weight is 299 g/mol. The Bertz CT molecular complexity index is 549. The normalized spacial score (nSPS) is 12.0. The molecule has 0 bridgehead atoms. The van der Waals surface area contributed by atoms with Crippen molar-refractivity contribution in [2.24, 2.45) is 5.73 Å². The highest BCUT2D eigenvalue weighted by molar-refractivity contribution is 5.31. The van der Waals surface area contributed by atoms with E-state index >= 15 is 0 Å². The molecule has 2 rings (SSSR count). The maximum Gasteiger partial charge on any atom is 0.119 e. The quantitative estimate of drug-likeness (QED) is 0.752. The lowest BCUT2D eigenvalue weighted by Gasteiger charge is -2.15. The van der Waals surface area contributed by atoms with Crippen LogP contribution >= 0.6 is 0 Å². The highest BCUT2D eigenvalue weighted by atomic mass is 16.5. The van der Waals surface area contributed by atoms with Gasteiger partial charge in [-0.2, -0.15) is 0 Å². The molecule has 22 heavy (non-hydrogen) atoms. The maximum absolute atomic E-state index is 5.91. The summed E-state index contributed by atoms with van der Waals surface area (Å²) in [5, 5.41) is 0. The van der Waals surface area contributed by atoms with Crippen LogP contribution in [0.4, 0.5) is 0 Å². The molecule has 2 aromatic carbocycles. The van der Waals surface area contributed by atoms with Gasteiger partial charge in [0.05, 0.1) is 13.7 Å². The van der Waals surface area contributed by atoms with Gasteiger partial charge in [0.2, 0.25) is 0 Å². The van der Waals surface area contributed by atoms with Gasteiger partial charge < -0.3 is 15.2 Å². The van der Waals surface area contributed by atoms with Crippen LogP contribution in [0.25, 0.3) is 0 Å². The van der Waals surface area contributed by atoms with Gasteiger partial charge in [0.1, 0.15) is 11.5 Å². The standard InChI is InChI=1S/C19H25NO2/c1-15-5-7-16(8-6-15)17(14-20)4-3-13-22-19-11-9-18(21-2)10-12-19/h5-12,17H,3-4,13-14,20H2,1-2H3. The molecule has 0 radical (unpaired) electrons. The Morgan fingerprint density at radius 3 is 2.18 bits per heavy atom. The molecule has 0 saturated carbocycles. The summed E-state index contributed by atoms with van der Waals surface area (Å²) in [5.41, 5.74) is 8.51. The van der Waals surface area contributed by atoms with Gasteiger partial charge >= 0.3 is 0 Å². The van der Waals surface area contributed by atoms with E-state index in [1.54, 1.807) is 7.11 Å². The lowest BCUT2D eigenvalue weighted by Crippen LogP contribution is -2.13. The highest BCUT2D eigenvalue weighted by Gasteiger charge is 2.09. The highest BCUT2D eigenvalue weighted by Crippen LogP contribution is 2.21. The van der Waals surface area contributed by atoms with Gasteiger partial charge in [0, 0.05) is 0 Å². The van der Waals surface area contributed by atoms with E-state index in [2.05, 4.69) is 31.2 Å². The molecule has 2 N–H and O–H groups in total. The maximum atomic E-state index is 5.91. The Morgan fingerprint density at radius 2 is 1.59 bits per heavy atom. The molecule has 0 aromatic heterocycles. The predicted molar refractivity (Wildman–Crippen MR) is 90.7 cm³/mol. The number of benzene rings is 2. The first kappa shape index (κ1) is 16.4. The molecule has 118 valence electrons. The smallest absolute Gasteiger partial charge is 0.119 e. The zero-order valence-corrected chi connectivity index (χ0v) is 13.4. The molecule has 3 nitrogen and oxygen atoms in total. The minimum Gasteiger partial charge on any atom is -0.497 e. The molecule has 0 spiro atoms. The molecule has 2 aromatic rings. The van der Waals surface area contributed by atoms with E-state index < -0.39 is 0 Å². The van der Waals surface area contributed by atoms with Crippen molar-refractivity contribution in [3.05, 3.63) is 59.7 Å². The second kappa shape index (κ2) is 8.44. The second-order valence-corrected chi connectivity index (χ2v) is 5.51. The summed E-state index contributed by atoms with van der Waals surface area (Å²) in [6, 6.07) is 16.3. The first-order valence-corrected chi connectivity index (χ1v) is 7.76. The van der Waals surface area contributed by atoms with Crippen LogP contribution in [0.3, 0.4) is 0 Å². The third-order valence-electron chi connectivity index (χ3n) is 3.86. The van der Waals surface area contributed by atoms with Crippen LogP contribution < -0.4 is 15.2 Å². The Kier molecular flexibility index (Phi) is 6.28. The van der Waals surface area contributed by atoms with E-state index in [0.29, 0.717) is 19.1 Å². The molecular weight excluding hydrogens is 274 g/mol. The van der Waals surface area contributed by atoms with E-state index in [0.717, 1.165) is 24.3 Å². The van der Waals surface area contributed by atoms with Gasteiger partial charge in [-0.25, -0.2) is 0 Å². The SMILES string of the molecule is COc1ccc(OCCCC(CN)c2ccc(C)cc2)cc1. The molecule has 1 atom stereocenters. The van der Waals surface area contributed by atoms with Crippen molar-refractivity contribution in [2.75, 3.05) is 20.3 Å². The zero-order chi connectivity index (χ0) is 15.8. The number of nitrogens with two attached hydrogens (primary N) is 1. The van der Waals surface area contributed by atoms with Gasteiger partial charge in [0.15, 0.2) is 0 Å². The molecule has 0 amide bonds. The van der Waals surface area contributed by atoms with Crippen LogP contribution in [0, 0.1) is 6.92 Å². The van der Waals surface area contributed by atoms with E-state index in [-0.39, 0.29) is 0 Å². The number of hydrogen-bond acceptors (Lipinski definition) is 3. The van der Waals surface area contributed by atoms with Crippen LogP contribution in [-0.2, 0) is 0 Å². The molecule has 0 fully saturated rings. The fraction of sp³-hybridized carbons (Fsp3) is 0.368. The summed E-state index contributed by atoms with van der Waals surface area (Å²) in [4.78, 5) is 0. The third-order valence-corrected chi connectivity index (χ3v) is 3.86. The lowest BCUT2D eigenvalue weighted by atomic mass is 9.94.